The normalized spacial score (nSPS) is 11.8. The van der Waals surface area contributed by atoms with E-state index in [0.29, 0.717) is 12.2 Å². The SMILES string of the molecule is CC(=O)NCC(C=O)c1ccccn1. The monoisotopic (exact) mass is 192 g/mol. The van der Waals surface area contributed by atoms with Crippen LogP contribution in [0.3, 0.4) is 0 Å². The molecule has 0 aromatic carbocycles. The van der Waals surface area contributed by atoms with Crippen LogP contribution in [0.1, 0.15) is 18.5 Å². The van der Waals surface area contributed by atoms with Crippen molar-refractivity contribution in [2.24, 2.45) is 0 Å². The van der Waals surface area contributed by atoms with Gasteiger partial charge in [0, 0.05) is 19.7 Å². The molecule has 1 heterocycles. The second kappa shape index (κ2) is 5.11. The predicted octanol–water partition coefficient (Wildman–Crippen LogP) is 0.500. The van der Waals surface area contributed by atoms with Gasteiger partial charge in [0.25, 0.3) is 0 Å². The van der Waals surface area contributed by atoms with Crippen LogP contribution in [0, 0.1) is 0 Å². The van der Waals surface area contributed by atoms with Crippen LogP contribution in [0.5, 0.6) is 0 Å². The zero-order chi connectivity index (χ0) is 10.4. The summed E-state index contributed by atoms with van der Waals surface area (Å²) in [5.74, 6) is -0.507. The lowest BCUT2D eigenvalue weighted by Gasteiger charge is -2.09. The van der Waals surface area contributed by atoms with Crippen LogP contribution in [0.2, 0.25) is 0 Å². The van der Waals surface area contributed by atoms with E-state index in [-0.39, 0.29) is 11.8 Å². The van der Waals surface area contributed by atoms with Crippen molar-refractivity contribution in [3.8, 4) is 0 Å². The maximum atomic E-state index is 10.7. The first-order chi connectivity index (χ1) is 6.74. The van der Waals surface area contributed by atoms with Gasteiger partial charge in [0.1, 0.15) is 6.29 Å². The number of aldehydes is 1. The average Bonchev–Trinajstić information content (AvgIpc) is 2.20. The standard InChI is InChI=1S/C10H12N2O2/c1-8(14)12-6-9(7-13)10-4-2-3-5-11-10/h2-5,7,9H,6H2,1H3,(H,12,14). The van der Waals surface area contributed by atoms with E-state index in [0.717, 1.165) is 6.29 Å². The molecular weight excluding hydrogens is 180 g/mol. The highest BCUT2D eigenvalue weighted by Crippen LogP contribution is 2.07. The maximum absolute atomic E-state index is 10.7. The lowest BCUT2D eigenvalue weighted by Crippen LogP contribution is -2.27. The number of hydrogen-bond donors (Lipinski definition) is 1. The Labute approximate surface area is 82.3 Å². The number of pyridine rings is 1. The summed E-state index contributed by atoms with van der Waals surface area (Å²) in [4.78, 5) is 25.4. The van der Waals surface area contributed by atoms with Crippen LogP contribution in [-0.2, 0) is 9.59 Å². The fourth-order valence-electron chi connectivity index (χ4n) is 1.07. The van der Waals surface area contributed by atoms with Gasteiger partial charge in [-0.25, -0.2) is 0 Å². The van der Waals surface area contributed by atoms with E-state index in [1.165, 1.54) is 6.92 Å². The van der Waals surface area contributed by atoms with Gasteiger partial charge in [-0.05, 0) is 12.1 Å². The number of aromatic nitrogens is 1. The van der Waals surface area contributed by atoms with E-state index >= 15 is 0 Å². The Morgan fingerprint density at radius 2 is 2.43 bits per heavy atom. The summed E-state index contributed by atoms with van der Waals surface area (Å²) in [6.45, 7) is 1.72. The lowest BCUT2D eigenvalue weighted by atomic mass is 10.1. The number of nitrogens with zero attached hydrogens (tertiary/aromatic N) is 1. The zero-order valence-corrected chi connectivity index (χ0v) is 7.93. The largest absolute Gasteiger partial charge is 0.355 e. The van der Waals surface area contributed by atoms with E-state index in [4.69, 9.17) is 0 Å². The summed E-state index contributed by atoms with van der Waals surface area (Å²) in [6, 6.07) is 5.36. The summed E-state index contributed by atoms with van der Waals surface area (Å²) in [5.41, 5.74) is 0.677. The fourth-order valence-corrected chi connectivity index (χ4v) is 1.07. The molecule has 0 saturated heterocycles. The fraction of sp³-hybridized carbons (Fsp3) is 0.300. The number of rotatable bonds is 4. The summed E-state index contributed by atoms with van der Waals surface area (Å²) < 4.78 is 0. The predicted molar refractivity (Wildman–Crippen MR) is 51.7 cm³/mol. The second-order valence-corrected chi connectivity index (χ2v) is 2.93. The molecular formula is C10H12N2O2. The van der Waals surface area contributed by atoms with Crippen LogP contribution >= 0.6 is 0 Å². The minimum Gasteiger partial charge on any atom is -0.355 e. The number of amides is 1. The molecule has 0 radical (unpaired) electrons. The Balaban J connectivity index is 2.63. The zero-order valence-electron chi connectivity index (χ0n) is 7.93. The summed E-state index contributed by atoms with van der Waals surface area (Å²) in [5, 5.41) is 2.58. The number of carbonyl (C=O) groups is 2. The van der Waals surface area contributed by atoms with Crippen molar-refractivity contribution in [1.29, 1.82) is 0 Å². The number of nitrogens with one attached hydrogen (secondary N) is 1. The minimum absolute atomic E-state index is 0.146. The molecule has 1 atom stereocenters. The third-order valence-electron chi connectivity index (χ3n) is 1.80. The van der Waals surface area contributed by atoms with Gasteiger partial charge in [0.05, 0.1) is 11.6 Å². The molecule has 1 aromatic rings. The first-order valence-corrected chi connectivity index (χ1v) is 4.34. The molecule has 1 aromatic heterocycles. The van der Waals surface area contributed by atoms with Gasteiger partial charge < -0.3 is 10.1 Å². The molecule has 0 fully saturated rings. The smallest absolute Gasteiger partial charge is 0.216 e. The van der Waals surface area contributed by atoms with Crippen LogP contribution in [0.15, 0.2) is 24.4 Å². The third kappa shape index (κ3) is 2.97. The molecule has 4 heteroatoms. The Morgan fingerprint density at radius 1 is 1.64 bits per heavy atom. The highest BCUT2D eigenvalue weighted by Gasteiger charge is 2.11. The van der Waals surface area contributed by atoms with Crippen LogP contribution in [0.4, 0.5) is 0 Å². The maximum Gasteiger partial charge on any atom is 0.216 e. The Bertz CT molecular complexity index is 311. The highest BCUT2D eigenvalue weighted by molar-refractivity contribution is 5.73. The van der Waals surface area contributed by atoms with Gasteiger partial charge in [-0.2, -0.15) is 0 Å². The topological polar surface area (TPSA) is 59.1 Å². The molecule has 0 saturated carbocycles. The molecule has 1 unspecified atom stereocenters. The second-order valence-electron chi connectivity index (χ2n) is 2.93. The number of carbonyl (C=O) groups excluding carboxylic acids is 2. The van der Waals surface area contributed by atoms with Crippen molar-refractivity contribution >= 4 is 12.2 Å². The molecule has 0 aliphatic carbocycles. The van der Waals surface area contributed by atoms with Gasteiger partial charge in [-0.15, -0.1) is 0 Å². The first-order valence-electron chi connectivity index (χ1n) is 4.34. The quantitative estimate of drug-likeness (QED) is 0.707. The highest BCUT2D eigenvalue weighted by atomic mass is 16.1. The van der Waals surface area contributed by atoms with Crippen LogP contribution < -0.4 is 5.32 Å². The Kier molecular flexibility index (Phi) is 3.79. The van der Waals surface area contributed by atoms with Crippen LogP contribution in [0.25, 0.3) is 0 Å². The van der Waals surface area contributed by atoms with Gasteiger partial charge >= 0.3 is 0 Å². The number of hydrogen-bond acceptors (Lipinski definition) is 3. The lowest BCUT2D eigenvalue weighted by molar-refractivity contribution is -0.119. The van der Waals surface area contributed by atoms with Gasteiger partial charge in [-0.1, -0.05) is 6.07 Å². The molecule has 14 heavy (non-hydrogen) atoms. The molecule has 0 aliphatic rings. The molecule has 0 spiro atoms. The third-order valence-corrected chi connectivity index (χ3v) is 1.80. The van der Waals surface area contributed by atoms with Gasteiger partial charge in [0.2, 0.25) is 5.91 Å². The van der Waals surface area contributed by atoms with Gasteiger partial charge in [-0.3, -0.25) is 9.78 Å². The summed E-state index contributed by atoms with van der Waals surface area (Å²) in [7, 11) is 0. The first kappa shape index (κ1) is 10.4. The molecule has 1 rings (SSSR count). The van der Waals surface area contributed by atoms with Gasteiger partial charge in [0.15, 0.2) is 0 Å². The molecule has 1 amide bonds. The molecule has 74 valence electrons. The molecule has 0 aliphatic heterocycles. The van der Waals surface area contributed by atoms with E-state index in [1.807, 2.05) is 6.07 Å². The van der Waals surface area contributed by atoms with Crippen molar-refractivity contribution < 1.29 is 9.59 Å². The van der Waals surface area contributed by atoms with E-state index < -0.39 is 0 Å². The van der Waals surface area contributed by atoms with Crippen molar-refractivity contribution in [2.75, 3.05) is 6.54 Å². The minimum atomic E-state index is -0.361. The average molecular weight is 192 g/mol. The van der Waals surface area contributed by atoms with Crippen molar-refractivity contribution in [3.63, 3.8) is 0 Å². The van der Waals surface area contributed by atoms with Crippen LogP contribution in [-0.4, -0.2) is 23.7 Å². The van der Waals surface area contributed by atoms with E-state index in [1.54, 1.807) is 18.3 Å². The molecule has 4 nitrogen and oxygen atoms in total. The van der Waals surface area contributed by atoms with E-state index in [2.05, 4.69) is 10.3 Å². The Hall–Kier alpha value is -1.71. The van der Waals surface area contributed by atoms with Crippen molar-refractivity contribution in [3.05, 3.63) is 30.1 Å². The molecule has 1 N–H and O–H groups in total. The summed E-state index contributed by atoms with van der Waals surface area (Å²) in [6.07, 6.45) is 2.41. The summed E-state index contributed by atoms with van der Waals surface area (Å²) >= 11 is 0. The van der Waals surface area contributed by atoms with E-state index in [9.17, 15) is 9.59 Å². The Morgan fingerprint density at radius 3 is 2.93 bits per heavy atom. The van der Waals surface area contributed by atoms with Crippen molar-refractivity contribution in [1.82, 2.24) is 10.3 Å². The molecule has 0 bridgehead atoms. The van der Waals surface area contributed by atoms with Crippen molar-refractivity contribution in [2.45, 2.75) is 12.8 Å².